The molecule has 3 aromatic rings. The minimum Gasteiger partial charge on any atom is -0.327 e. The number of halogens is 1. The summed E-state index contributed by atoms with van der Waals surface area (Å²) in [5.74, 6) is 1.34. The molecule has 0 amide bonds. The summed E-state index contributed by atoms with van der Waals surface area (Å²) < 4.78 is 15.1. The molecule has 0 aliphatic rings. The summed E-state index contributed by atoms with van der Waals surface area (Å²) in [4.78, 5) is 4.54. The Morgan fingerprint density at radius 1 is 0.957 bits per heavy atom. The second-order valence-corrected chi connectivity index (χ2v) is 6.33. The molecule has 0 fully saturated rings. The second kappa shape index (κ2) is 6.37. The predicted molar refractivity (Wildman–Crippen MR) is 92.6 cm³/mol. The number of benzene rings is 2. The van der Waals surface area contributed by atoms with E-state index in [0.29, 0.717) is 5.92 Å². The van der Waals surface area contributed by atoms with Gasteiger partial charge >= 0.3 is 0 Å². The highest BCUT2D eigenvalue weighted by atomic mass is 19.1. The summed E-state index contributed by atoms with van der Waals surface area (Å²) in [6, 6.07) is 15.1. The average Bonchev–Trinajstić information content (AvgIpc) is 2.90. The van der Waals surface area contributed by atoms with Crippen LogP contribution in [0.4, 0.5) is 4.39 Å². The van der Waals surface area contributed by atoms with Crippen molar-refractivity contribution in [2.45, 2.75) is 20.3 Å². The van der Waals surface area contributed by atoms with E-state index in [1.807, 2.05) is 17.8 Å². The molecule has 3 heteroatoms. The van der Waals surface area contributed by atoms with Gasteiger partial charge in [-0.3, -0.25) is 0 Å². The molecule has 1 heterocycles. The van der Waals surface area contributed by atoms with E-state index in [-0.39, 0.29) is 5.82 Å². The van der Waals surface area contributed by atoms with E-state index >= 15 is 0 Å². The molecule has 0 N–H and O–H groups in total. The third-order valence-corrected chi connectivity index (χ3v) is 3.98. The third-order valence-electron chi connectivity index (χ3n) is 3.98. The summed E-state index contributed by atoms with van der Waals surface area (Å²) in [6.07, 6.45) is 2.92. The molecule has 0 unspecified atom stereocenters. The van der Waals surface area contributed by atoms with Gasteiger partial charge in [-0.1, -0.05) is 38.1 Å². The van der Waals surface area contributed by atoms with Crippen molar-refractivity contribution in [3.05, 3.63) is 66.1 Å². The van der Waals surface area contributed by atoms with Crippen LogP contribution in [0.5, 0.6) is 0 Å². The van der Waals surface area contributed by atoms with Gasteiger partial charge in [-0.15, -0.1) is 0 Å². The van der Waals surface area contributed by atoms with Crippen molar-refractivity contribution in [3.8, 4) is 22.6 Å². The van der Waals surface area contributed by atoms with Gasteiger partial charge in [-0.25, -0.2) is 9.37 Å². The van der Waals surface area contributed by atoms with Crippen LogP contribution in [0.3, 0.4) is 0 Å². The molecule has 2 aromatic carbocycles. The molecule has 0 radical (unpaired) electrons. The lowest BCUT2D eigenvalue weighted by Crippen LogP contribution is -1.97. The molecule has 0 saturated carbocycles. The van der Waals surface area contributed by atoms with Gasteiger partial charge in [0.15, 0.2) is 0 Å². The van der Waals surface area contributed by atoms with E-state index in [4.69, 9.17) is 0 Å². The van der Waals surface area contributed by atoms with E-state index in [2.05, 4.69) is 43.1 Å². The Labute approximate surface area is 136 Å². The van der Waals surface area contributed by atoms with Crippen molar-refractivity contribution in [2.24, 2.45) is 13.0 Å². The summed E-state index contributed by atoms with van der Waals surface area (Å²) in [6.45, 7) is 4.45. The molecule has 2 nitrogen and oxygen atoms in total. The minimum atomic E-state index is -0.225. The van der Waals surface area contributed by atoms with E-state index < -0.39 is 0 Å². The largest absolute Gasteiger partial charge is 0.327 e. The van der Waals surface area contributed by atoms with Crippen LogP contribution >= 0.6 is 0 Å². The van der Waals surface area contributed by atoms with Crippen LogP contribution in [0.15, 0.2) is 54.7 Å². The zero-order valence-electron chi connectivity index (χ0n) is 13.8. The topological polar surface area (TPSA) is 17.8 Å². The smallest absolute Gasteiger partial charge is 0.140 e. The zero-order chi connectivity index (χ0) is 16.4. The molecule has 0 saturated heterocycles. The predicted octanol–water partition coefficient (Wildman–Crippen LogP) is 5.09. The standard InChI is InChI=1S/C20H21FN2/c1-14(2)12-15-4-6-17(7-5-15)20-22-13-19(23(20)3)16-8-10-18(21)11-9-16/h4-11,13-14H,12H2,1-3H3. The first-order chi connectivity index (χ1) is 11.0. The molecule has 0 aliphatic heterocycles. The Kier molecular flexibility index (Phi) is 4.28. The van der Waals surface area contributed by atoms with Gasteiger partial charge in [0.1, 0.15) is 11.6 Å². The SMILES string of the molecule is CC(C)Cc1ccc(-c2ncc(-c3ccc(F)cc3)n2C)cc1. The molecule has 1 aromatic heterocycles. The first kappa shape index (κ1) is 15.5. The quantitative estimate of drug-likeness (QED) is 0.656. The normalized spacial score (nSPS) is 11.2. The lowest BCUT2D eigenvalue weighted by Gasteiger charge is -2.08. The van der Waals surface area contributed by atoms with Gasteiger partial charge in [0.05, 0.1) is 11.9 Å². The van der Waals surface area contributed by atoms with E-state index in [9.17, 15) is 4.39 Å². The van der Waals surface area contributed by atoms with Crippen LogP contribution in [-0.4, -0.2) is 9.55 Å². The van der Waals surface area contributed by atoms with Gasteiger partial charge in [-0.2, -0.15) is 0 Å². The zero-order valence-corrected chi connectivity index (χ0v) is 13.8. The molecule has 23 heavy (non-hydrogen) atoms. The maximum Gasteiger partial charge on any atom is 0.140 e. The molecule has 0 atom stereocenters. The van der Waals surface area contributed by atoms with Crippen molar-refractivity contribution in [3.63, 3.8) is 0 Å². The highest BCUT2D eigenvalue weighted by Crippen LogP contribution is 2.26. The summed E-state index contributed by atoms with van der Waals surface area (Å²) in [5, 5.41) is 0. The molecule has 0 aliphatic carbocycles. The lowest BCUT2D eigenvalue weighted by molar-refractivity contribution is 0.628. The van der Waals surface area contributed by atoms with Gasteiger partial charge in [0, 0.05) is 12.6 Å². The van der Waals surface area contributed by atoms with Gasteiger partial charge in [-0.05, 0) is 47.7 Å². The summed E-state index contributed by atoms with van der Waals surface area (Å²) >= 11 is 0. The van der Waals surface area contributed by atoms with Gasteiger partial charge in [0.25, 0.3) is 0 Å². The molecule has 3 rings (SSSR count). The summed E-state index contributed by atoms with van der Waals surface area (Å²) in [5.41, 5.74) is 4.38. The monoisotopic (exact) mass is 308 g/mol. The molecule has 118 valence electrons. The van der Waals surface area contributed by atoms with Crippen LogP contribution in [0.1, 0.15) is 19.4 Å². The molecular formula is C20H21FN2. The number of aromatic nitrogens is 2. The number of nitrogens with zero attached hydrogens (tertiary/aromatic N) is 2. The number of rotatable bonds is 4. The fourth-order valence-corrected chi connectivity index (χ4v) is 2.83. The molecule has 0 bridgehead atoms. The maximum atomic E-state index is 13.1. The Morgan fingerprint density at radius 2 is 1.57 bits per heavy atom. The Morgan fingerprint density at radius 3 is 2.17 bits per heavy atom. The van der Waals surface area contributed by atoms with E-state index in [0.717, 1.165) is 29.1 Å². The molecular weight excluding hydrogens is 287 g/mol. The van der Waals surface area contributed by atoms with E-state index in [1.165, 1.54) is 17.7 Å². The first-order valence-corrected chi connectivity index (χ1v) is 7.91. The van der Waals surface area contributed by atoms with Crippen molar-refractivity contribution in [2.75, 3.05) is 0 Å². The Balaban J connectivity index is 1.91. The summed E-state index contributed by atoms with van der Waals surface area (Å²) in [7, 11) is 1.99. The Hall–Kier alpha value is -2.42. The minimum absolute atomic E-state index is 0.225. The highest BCUT2D eigenvalue weighted by molar-refractivity contribution is 5.65. The second-order valence-electron chi connectivity index (χ2n) is 6.33. The number of hydrogen-bond acceptors (Lipinski definition) is 1. The van der Waals surface area contributed by atoms with Gasteiger partial charge < -0.3 is 4.57 Å². The van der Waals surface area contributed by atoms with Crippen LogP contribution in [0.2, 0.25) is 0 Å². The average molecular weight is 308 g/mol. The van der Waals surface area contributed by atoms with Crippen LogP contribution in [0.25, 0.3) is 22.6 Å². The molecule has 0 spiro atoms. The Bertz CT molecular complexity index is 784. The fraction of sp³-hybridized carbons (Fsp3) is 0.250. The van der Waals surface area contributed by atoms with Crippen molar-refractivity contribution < 1.29 is 4.39 Å². The van der Waals surface area contributed by atoms with Crippen molar-refractivity contribution in [1.29, 1.82) is 0 Å². The van der Waals surface area contributed by atoms with E-state index in [1.54, 1.807) is 12.1 Å². The fourth-order valence-electron chi connectivity index (χ4n) is 2.83. The number of imidazole rings is 1. The number of hydrogen-bond donors (Lipinski definition) is 0. The van der Waals surface area contributed by atoms with Crippen LogP contribution in [-0.2, 0) is 13.5 Å². The van der Waals surface area contributed by atoms with Crippen LogP contribution in [0, 0.1) is 11.7 Å². The highest BCUT2D eigenvalue weighted by Gasteiger charge is 2.10. The van der Waals surface area contributed by atoms with Crippen molar-refractivity contribution in [1.82, 2.24) is 9.55 Å². The lowest BCUT2D eigenvalue weighted by atomic mass is 10.0. The first-order valence-electron chi connectivity index (χ1n) is 7.91. The van der Waals surface area contributed by atoms with Crippen molar-refractivity contribution >= 4 is 0 Å². The van der Waals surface area contributed by atoms with Gasteiger partial charge in [0.2, 0.25) is 0 Å². The third kappa shape index (κ3) is 3.34. The maximum absolute atomic E-state index is 13.1. The van der Waals surface area contributed by atoms with Crippen LogP contribution < -0.4 is 0 Å².